The lowest BCUT2D eigenvalue weighted by molar-refractivity contribution is -0.137. The Hall–Kier alpha value is -2.69. The molecule has 23 heavy (non-hydrogen) atoms. The van der Waals surface area contributed by atoms with Crippen molar-refractivity contribution in [2.45, 2.75) is 19.8 Å². The number of hydrogen-bond acceptors (Lipinski definition) is 3. The Bertz CT molecular complexity index is 713. The smallest absolute Gasteiger partial charge is 0.303 e. The molecule has 1 aromatic heterocycles. The highest BCUT2D eigenvalue weighted by atomic mass is 16.4. The second kappa shape index (κ2) is 7.54. The molecule has 0 fully saturated rings. The molecule has 0 aliphatic rings. The molecule has 1 heterocycles. The van der Waals surface area contributed by atoms with Gasteiger partial charge in [-0.2, -0.15) is 0 Å². The fraction of sp³-hybridized carbons (Fsp3) is 0.278. The quantitative estimate of drug-likeness (QED) is 0.890. The molecular formula is C18H20N2O3. The first-order valence-electron chi connectivity index (χ1n) is 7.46. The van der Waals surface area contributed by atoms with Crippen LogP contribution in [-0.4, -0.2) is 40.5 Å². The van der Waals surface area contributed by atoms with E-state index in [4.69, 9.17) is 5.11 Å². The molecule has 1 N–H and O–H groups in total. The molecule has 0 atom stereocenters. The summed E-state index contributed by atoms with van der Waals surface area (Å²) in [7, 11) is 1.67. The highest BCUT2D eigenvalue weighted by Crippen LogP contribution is 2.21. The van der Waals surface area contributed by atoms with Gasteiger partial charge in [-0.1, -0.05) is 29.8 Å². The number of hydrogen-bond donors (Lipinski definition) is 1. The van der Waals surface area contributed by atoms with Crippen molar-refractivity contribution in [1.82, 2.24) is 9.88 Å². The van der Waals surface area contributed by atoms with Gasteiger partial charge in [0.25, 0.3) is 5.91 Å². The van der Waals surface area contributed by atoms with Gasteiger partial charge in [0.05, 0.1) is 5.56 Å². The van der Waals surface area contributed by atoms with E-state index in [9.17, 15) is 9.59 Å². The first-order valence-corrected chi connectivity index (χ1v) is 7.46. The Morgan fingerprint density at radius 2 is 1.96 bits per heavy atom. The maximum absolute atomic E-state index is 12.4. The first-order chi connectivity index (χ1) is 11.0. The number of nitrogens with zero attached hydrogens (tertiary/aromatic N) is 2. The zero-order valence-electron chi connectivity index (χ0n) is 13.3. The van der Waals surface area contributed by atoms with Crippen LogP contribution in [0, 0.1) is 6.92 Å². The fourth-order valence-corrected chi connectivity index (χ4v) is 2.33. The predicted octanol–water partition coefficient (Wildman–Crippen LogP) is 2.99. The second-order valence-electron chi connectivity index (χ2n) is 5.56. The van der Waals surface area contributed by atoms with Crippen LogP contribution in [0.2, 0.25) is 0 Å². The van der Waals surface area contributed by atoms with Crippen LogP contribution in [0.15, 0.2) is 42.7 Å². The summed E-state index contributed by atoms with van der Waals surface area (Å²) in [6.07, 6.45) is 3.76. The number of rotatable bonds is 6. The first kappa shape index (κ1) is 16.7. The molecule has 0 spiro atoms. The SMILES string of the molecule is Cc1cccc(-c2cncc(C(=O)N(C)CCCC(=O)O)c2)c1. The maximum atomic E-state index is 12.4. The molecule has 5 nitrogen and oxygen atoms in total. The standard InChI is InChI=1S/C18H20N2O3/c1-13-5-3-6-14(9-13)15-10-16(12-19-11-15)18(23)20(2)8-4-7-17(21)22/h3,5-6,9-12H,4,7-8H2,1-2H3,(H,21,22). The molecule has 1 amide bonds. The number of aryl methyl sites for hydroxylation is 1. The lowest BCUT2D eigenvalue weighted by atomic mass is 10.0. The number of aromatic nitrogens is 1. The highest BCUT2D eigenvalue weighted by molar-refractivity contribution is 5.95. The summed E-state index contributed by atoms with van der Waals surface area (Å²) >= 11 is 0. The minimum atomic E-state index is -0.853. The summed E-state index contributed by atoms with van der Waals surface area (Å²) in [5.74, 6) is -1.01. The van der Waals surface area contributed by atoms with Crippen molar-refractivity contribution in [2.75, 3.05) is 13.6 Å². The van der Waals surface area contributed by atoms with E-state index < -0.39 is 5.97 Å². The molecule has 0 aliphatic heterocycles. The van der Waals surface area contributed by atoms with Gasteiger partial charge in [-0.25, -0.2) is 0 Å². The summed E-state index contributed by atoms with van der Waals surface area (Å²) in [4.78, 5) is 28.6. The Morgan fingerprint density at radius 3 is 2.65 bits per heavy atom. The lowest BCUT2D eigenvalue weighted by Gasteiger charge is -2.17. The van der Waals surface area contributed by atoms with Gasteiger partial charge in [-0.3, -0.25) is 14.6 Å². The van der Waals surface area contributed by atoms with Gasteiger partial charge in [0, 0.05) is 38.0 Å². The number of carboxylic acids is 1. The Morgan fingerprint density at radius 1 is 1.17 bits per heavy atom. The molecule has 0 radical (unpaired) electrons. The van der Waals surface area contributed by atoms with Crippen LogP contribution in [0.25, 0.3) is 11.1 Å². The van der Waals surface area contributed by atoms with Crippen LogP contribution in [0.4, 0.5) is 0 Å². The van der Waals surface area contributed by atoms with E-state index in [0.29, 0.717) is 18.5 Å². The summed E-state index contributed by atoms with van der Waals surface area (Å²) in [5.41, 5.74) is 3.55. The van der Waals surface area contributed by atoms with Gasteiger partial charge in [-0.15, -0.1) is 0 Å². The molecule has 0 saturated carbocycles. The number of carboxylic acid groups (broad SMARTS) is 1. The Kier molecular flexibility index (Phi) is 5.46. The number of carbonyl (C=O) groups excluding carboxylic acids is 1. The van der Waals surface area contributed by atoms with Crippen LogP contribution in [-0.2, 0) is 4.79 Å². The molecule has 2 rings (SSSR count). The van der Waals surface area contributed by atoms with Crippen molar-refractivity contribution >= 4 is 11.9 Å². The van der Waals surface area contributed by atoms with Crippen molar-refractivity contribution in [3.05, 3.63) is 53.9 Å². The highest BCUT2D eigenvalue weighted by Gasteiger charge is 2.13. The summed E-state index contributed by atoms with van der Waals surface area (Å²) in [6, 6.07) is 9.83. The van der Waals surface area contributed by atoms with E-state index in [2.05, 4.69) is 4.98 Å². The minimum absolute atomic E-state index is 0.0548. The van der Waals surface area contributed by atoms with Crippen LogP contribution in [0.1, 0.15) is 28.8 Å². The summed E-state index contributed by atoms with van der Waals surface area (Å²) in [5, 5.41) is 8.65. The molecule has 1 aromatic carbocycles. The van der Waals surface area contributed by atoms with E-state index in [-0.39, 0.29) is 12.3 Å². The molecule has 0 unspecified atom stereocenters. The minimum Gasteiger partial charge on any atom is -0.481 e. The van der Waals surface area contributed by atoms with Crippen molar-refractivity contribution in [3.8, 4) is 11.1 Å². The number of benzene rings is 1. The molecule has 2 aromatic rings. The van der Waals surface area contributed by atoms with Crippen molar-refractivity contribution < 1.29 is 14.7 Å². The topological polar surface area (TPSA) is 70.5 Å². The maximum Gasteiger partial charge on any atom is 0.303 e. The van der Waals surface area contributed by atoms with Crippen LogP contribution in [0.5, 0.6) is 0 Å². The third-order valence-corrected chi connectivity index (χ3v) is 3.57. The Labute approximate surface area is 135 Å². The van der Waals surface area contributed by atoms with Gasteiger partial charge < -0.3 is 10.0 Å². The van der Waals surface area contributed by atoms with Crippen LogP contribution >= 0.6 is 0 Å². The average Bonchev–Trinajstić information content (AvgIpc) is 2.54. The summed E-state index contributed by atoms with van der Waals surface area (Å²) < 4.78 is 0. The number of aliphatic carboxylic acids is 1. The van der Waals surface area contributed by atoms with Gasteiger partial charge in [0.1, 0.15) is 0 Å². The van der Waals surface area contributed by atoms with E-state index in [1.54, 1.807) is 13.2 Å². The molecule has 0 bridgehead atoms. The van der Waals surface area contributed by atoms with Crippen molar-refractivity contribution in [3.63, 3.8) is 0 Å². The monoisotopic (exact) mass is 312 g/mol. The predicted molar refractivity (Wildman–Crippen MR) is 88.2 cm³/mol. The number of pyridine rings is 1. The van der Waals surface area contributed by atoms with Crippen LogP contribution < -0.4 is 0 Å². The third-order valence-electron chi connectivity index (χ3n) is 3.57. The van der Waals surface area contributed by atoms with Gasteiger partial charge in [-0.05, 0) is 25.0 Å². The van der Waals surface area contributed by atoms with E-state index in [1.807, 2.05) is 37.3 Å². The molecule has 120 valence electrons. The Balaban J connectivity index is 2.12. The molecule has 0 saturated heterocycles. The number of amides is 1. The third kappa shape index (κ3) is 4.64. The second-order valence-corrected chi connectivity index (χ2v) is 5.56. The van der Waals surface area contributed by atoms with Gasteiger partial charge in [0.15, 0.2) is 0 Å². The van der Waals surface area contributed by atoms with Gasteiger partial charge >= 0.3 is 5.97 Å². The molecule has 5 heteroatoms. The zero-order valence-corrected chi connectivity index (χ0v) is 13.3. The largest absolute Gasteiger partial charge is 0.481 e. The number of carbonyl (C=O) groups is 2. The van der Waals surface area contributed by atoms with Crippen LogP contribution in [0.3, 0.4) is 0 Å². The van der Waals surface area contributed by atoms with Gasteiger partial charge in [0.2, 0.25) is 0 Å². The normalized spacial score (nSPS) is 10.3. The summed E-state index contributed by atoms with van der Waals surface area (Å²) in [6.45, 7) is 2.42. The fourth-order valence-electron chi connectivity index (χ4n) is 2.33. The average molecular weight is 312 g/mol. The van der Waals surface area contributed by atoms with Crippen molar-refractivity contribution in [2.24, 2.45) is 0 Å². The van der Waals surface area contributed by atoms with E-state index in [0.717, 1.165) is 16.7 Å². The molecule has 0 aliphatic carbocycles. The molecular weight excluding hydrogens is 292 g/mol. The lowest BCUT2D eigenvalue weighted by Crippen LogP contribution is -2.28. The van der Waals surface area contributed by atoms with E-state index >= 15 is 0 Å². The van der Waals surface area contributed by atoms with E-state index in [1.165, 1.54) is 11.1 Å². The van der Waals surface area contributed by atoms with Crippen molar-refractivity contribution in [1.29, 1.82) is 0 Å². The zero-order chi connectivity index (χ0) is 16.8.